The van der Waals surface area contributed by atoms with Gasteiger partial charge in [0.15, 0.2) is 0 Å². The first-order valence-corrected chi connectivity index (χ1v) is 8.57. The van der Waals surface area contributed by atoms with Gasteiger partial charge in [0.05, 0.1) is 0 Å². The molecule has 24 heavy (non-hydrogen) atoms. The van der Waals surface area contributed by atoms with E-state index in [9.17, 15) is 9.59 Å². The van der Waals surface area contributed by atoms with Crippen LogP contribution in [0, 0.1) is 17.3 Å². The quantitative estimate of drug-likeness (QED) is 0.795. The molecule has 4 heteroatoms. The van der Waals surface area contributed by atoms with E-state index in [1.165, 1.54) is 6.08 Å². The lowest BCUT2D eigenvalue weighted by atomic mass is 9.69. The molecule has 0 unspecified atom stereocenters. The molecule has 1 aliphatic carbocycles. The molecule has 0 bridgehead atoms. The molecule has 2 N–H and O–H groups in total. The van der Waals surface area contributed by atoms with Gasteiger partial charge in [-0.05, 0) is 60.8 Å². The van der Waals surface area contributed by atoms with Crippen LogP contribution in [0.1, 0.15) is 52.0 Å². The number of carboxylic acid groups (broad SMARTS) is 1. The van der Waals surface area contributed by atoms with Crippen LogP contribution in [0.2, 0.25) is 0 Å². The van der Waals surface area contributed by atoms with Gasteiger partial charge in [0, 0.05) is 17.7 Å². The van der Waals surface area contributed by atoms with E-state index in [4.69, 9.17) is 5.11 Å². The molecule has 4 nitrogen and oxygen atoms in total. The second-order valence-corrected chi connectivity index (χ2v) is 7.70. The van der Waals surface area contributed by atoms with Gasteiger partial charge in [0.2, 0.25) is 5.91 Å². The van der Waals surface area contributed by atoms with Gasteiger partial charge >= 0.3 is 5.97 Å². The first kappa shape index (κ1) is 18.2. The maximum Gasteiger partial charge on any atom is 0.328 e. The Bertz CT molecular complexity index is 603. The van der Waals surface area contributed by atoms with E-state index in [1.807, 2.05) is 0 Å². The highest BCUT2D eigenvalue weighted by Gasteiger charge is 2.32. The number of rotatable bonds is 4. The highest BCUT2D eigenvalue weighted by molar-refractivity contribution is 5.92. The van der Waals surface area contributed by atoms with Gasteiger partial charge in [-0.25, -0.2) is 4.79 Å². The lowest BCUT2D eigenvalue weighted by Crippen LogP contribution is -2.31. The zero-order valence-corrected chi connectivity index (χ0v) is 14.7. The van der Waals surface area contributed by atoms with E-state index in [2.05, 4.69) is 26.1 Å². The van der Waals surface area contributed by atoms with Crippen LogP contribution in [0.15, 0.2) is 30.3 Å². The Hall–Kier alpha value is -2.10. The fourth-order valence-electron chi connectivity index (χ4n) is 3.31. The number of carbonyl (C=O) groups excluding carboxylic acids is 1. The van der Waals surface area contributed by atoms with Gasteiger partial charge in [-0.15, -0.1) is 0 Å². The standard InChI is InChI=1S/C20H27NO3/c1-20(2,3)16-9-7-15(8-10-16)19(24)21-17-11-4-14(5-12-17)6-13-18(22)23/h4-6,11-13,15-16H,7-10H2,1-3H3,(H,21,24)(H,22,23). The summed E-state index contributed by atoms with van der Waals surface area (Å²) >= 11 is 0. The van der Waals surface area contributed by atoms with Crippen LogP contribution in [-0.4, -0.2) is 17.0 Å². The van der Waals surface area contributed by atoms with Crippen molar-refractivity contribution in [3.05, 3.63) is 35.9 Å². The van der Waals surface area contributed by atoms with Gasteiger partial charge in [-0.3, -0.25) is 4.79 Å². The molecule has 1 amide bonds. The van der Waals surface area contributed by atoms with Crippen molar-refractivity contribution >= 4 is 23.6 Å². The monoisotopic (exact) mass is 329 g/mol. The fraction of sp³-hybridized carbons (Fsp3) is 0.500. The maximum absolute atomic E-state index is 12.4. The molecule has 0 radical (unpaired) electrons. The summed E-state index contributed by atoms with van der Waals surface area (Å²) in [7, 11) is 0. The molecule has 0 atom stereocenters. The average molecular weight is 329 g/mol. The van der Waals surface area contributed by atoms with Crippen molar-refractivity contribution in [1.82, 2.24) is 0 Å². The van der Waals surface area contributed by atoms with Crippen LogP contribution in [0.4, 0.5) is 5.69 Å². The molecule has 0 aliphatic heterocycles. The Labute approximate surface area is 144 Å². The zero-order valence-electron chi connectivity index (χ0n) is 14.7. The molecule has 0 heterocycles. The Morgan fingerprint density at radius 1 is 1.08 bits per heavy atom. The molecular formula is C20H27NO3. The summed E-state index contributed by atoms with van der Waals surface area (Å²) in [5, 5.41) is 11.6. The molecular weight excluding hydrogens is 302 g/mol. The Morgan fingerprint density at radius 2 is 1.67 bits per heavy atom. The summed E-state index contributed by atoms with van der Waals surface area (Å²) in [6.07, 6.45) is 6.75. The average Bonchev–Trinajstić information content (AvgIpc) is 2.53. The Morgan fingerprint density at radius 3 is 2.17 bits per heavy atom. The number of aliphatic carboxylic acids is 1. The number of carboxylic acids is 1. The molecule has 0 saturated heterocycles. The molecule has 2 rings (SSSR count). The zero-order chi connectivity index (χ0) is 17.7. The van der Waals surface area contributed by atoms with Crippen LogP contribution in [0.5, 0.6) is 0 Å². The molecule has 0 spiro atoms. The molecule has 1 aromatic carbocycles. The molecule has 1 saturated carbocycles. The number of amides is 1. The van der Waals surface area contributed by atoms with Crippen LogP contribution in [0.3, 0.4) is 0 Å². The minimum absolute atomic E-state index is 0.0928. The second kappa shape index (κ2) is 7.65. The summed E-state index contributed by atoms with van der Waals surface area (Å²) in [4.78, 5) is 22.9. The normalized spacial score (nSPS) is 21.6. The van der Waals surface area contributed by atoms with Gasteiger partial charge in [0.1, 0.15) is 0 Å². The number of benzene rings is 1. The third-order valence-corrected chi connectivity index (χ3v) is 4.92. The number of hydrogen-bond acceptors (Lipinski definition) is 2. The van der Waals surface area contributed by atoms with E-state index in [-0.39, 0.29) is 11.8 Å². The third kappa shape index (κ3) is 5.22. The van der Waals surface area contributed by atoms with E-state index in [0.29, 0.717) is 11.3 Å². The van der Waals surface area contributed by atoms with Crippen molar-refractivity contribution in [2.45, 2.75) is 46.5 Å². The minimum Gasteiger partial charge on any atom is -0.478 e. The molecule has 130 valence electrons. The third-order valence-electron chi connectivity index (χ3n) is 4.92. The van der Waals surface area contributed by atoms with E-state index in [1.54, 1.807) is 24.3 Å². The molecule has 1 aromatic rings. The largest absolute Gasteiger partial charge is 0.478 e. The number of hydrogen-bond donors (Lipinski definition) is 2. The predicted molar refractivity (Wildman–Crippen MR) is 96.6 cm³/mol. The predicted octanol–water partition coefficient (Wildman–Crippen LogP) is 4.58. The van der Waals surface area contributed by atoms with Crippen molar-refractivity contribution in [3.8, 4) is 0 Å². The van der Waals surface area contributed by atoms with Gasteiger partial charge in [0.25, 0.3) is 0 Å². The smallest absolute Gasteiger partial charge is 0.328 e. The maximum atomic E-state index is 12.4. The van der Waals surface area contributed by atoms with Crippen molar-refractivity contribution in [2.75, 3.05) is 5.32 Å². The number of anilines is 1. The van der Waals surface area contributed by atoms with Crippen molar-refractivity contribution < 1.29 is 14.7 Å². The summed E-state index contributed by atoms with van der Waals surface area (Å²) in [6.45, 7) is 6.83. The summed E-state index contributed by atoms with van der Waals surface area (Å²) < 4.78 is 0. The summed E-state index contributed by atoms with van der Waals surface area (Å²) in [5.41, 5.74) is 1.87. The molecule has 1 fully saturated rings. The van der Waals surface area contributed by atoms with Crippen LogP contribution in [0.25, 0.3) is 6.08 Å². The second-order valence-electron chi connectivity index (χ2n) is 7.70. The Kier molecular flexibility index (Phi) is 5.81. The SMILES string of the molecule is CC(C)(C)C1CCC(C(=O)Nc2ccc(C=CC(=O)O)cc2)CC1. The van der Waals surface area contributed by atoms with Crippen molar-refractivity contribution in [3.63, 3.8) is 0 Å². The fourth-order valence-corrected chi connectivity index (χ4v) is 3.31. The van der Waals surface area contributed by atoms with Gasteiger partial charge in [-0.2, -0.15) is 0 Å². The van der Waals surface area contributed by atoms with Crippen LogP contribution < -0.4 is 5.32 Å². The van der Waals surface area contributed by atoms with E-state index < -0.39 is 5.97 Å². The lowest BCUT2D eigenvalue weighted by molar-refractivity contribution is -0.131. The van der Waals surface area contributed by atoms with Gasteiger partial charge < -0.3 is 10.4 Å². The van der Waals surface area contributed by atoms with Gasteiger partial charge in [-0.1, -0.05) is 32.9 Å². The van der Waals surface area contributed by atoms with Crippen molar-refractivity contribution in [2.24, 2.45) is 17.3 Å². The van der Waals surface area contributed by atoms with Crippen LogP contribution in [-0.2, 0) is 9.59 Å². The van der Waals surface area contributed by atoms with E-state index >= 15 is 0 Å². The first-order valence-electron chi connectivity index (χ1n) is 8.57. The Balaban J connectivity index is 1.88. The summed E-state index contributed by atoms with van der Waals surface area (Å²) in [5.74, 6) is -0.0912. The topological polar surface area (TPSA) is 66.4 Å². The molecule has 1 aliphatic rings. The van der Waals surface area contributed by atoms with E-state index in [0.717, 1.165) is 43.0 Å². The van der Waals surface area contributed by atoms with Crippen molar-refractivity contribution in [1.29, 1.82) is 0 Å². The highest BCUT2D eigenvalue weighted by Crippen LogP contribution is 2.40. The highest BCUT2D eigenvalue weighted by atomic mass is 16.4. The first-order chi connectivity index (χ1) is 11.3. The minimum atomic E-state index is -0.974. The number of nitrogens with one attached hydrogen (secondary N) is 1. The lowest BCUT2D eigenvalue weighted by Gasteiger charge is -2.36. The summed E-state index contributed by atoms with van der Waals surface area (Å²) in [6, 6.07) is 7.21. The van der Waals surface area contributed by atoms with Crippen LogP contribution >= 0.6 is 0 Å². The number of carbonyl (C=O) groups is 2. The molecule has 0 aromatic heterocycles.